The Morgan fingerprint density at radius 2 is 2.00 bits per heavy atom. The highest BCUT2D eigenvalue weighted by Crippen LogP contribution is 2.39. The molecule has 1 aliphatic rings. The summed E-state index contributed by atoms with van der Waals surface area (Å²) < 4.78 is 0. The van der Waals surface area contributed by atoms with E-state index in [-0.39, 0.29) is 5.91 Å². The summed E-state index contributed by atoms with van der Waals surface area (Å²) in [7, 11) is 0. The van der Waals surface area contributed by atoms with Crippen molar-refractivity contribution >= 4 is 50.5 Å². The first-order valence-corrected chi connectivity index (χ1v) is 8.93. The predicted molar refractivity (Wildman–Crippen MR) is 94.7 cm³/mol. The van der Waals surface area contributed by atoms with E-state index in [9.17, 15) is 9.59 Å². The number of aryl methyl sites for hydroxylation is 1. The maximum Gasteiger partial charge on any atom is 0.275 e. The normalized spacial score (nSPS) is 14.6. The Labute approximate surface area is 145 Å². The predicted octanol–water partition coefficient (Wildman–Crippen LogP) is 3.37. The van der Waals surface area contributed by atoms with E-state index in [1.165, 1.54) is 17.4 Å². The molecule has 3 aromatic rings. The van der Waals surface area contributed by atoms with Crippen LogP contribution in [-0.2, 0) is 9.59 Å². The smallest absolute Gasteiger partial charge is 0.271 e. The van der Waals surface area contributed by atoms with Crippen molar-refractivity contribution < 1.29 is 9.59 Å². The quantitative estimate of drug-likeness (QED) is 0.728. The number of hydrogen-bond acceptors (Lipinski definition) is 7. The molecule has 24 heavy (non-hydrogen) atoms. The van der Waals surface area contributed by atoms with Gasteiger partial charge in [-0.05, 0) is 25.3 Å². The maximum absolute atomic E-state index is 12.1. The van der Waals surface area contributed by atoms with Gasteiger partial charge in [-0.2, -0.15) is 5.01 Å². The minimum atomic E-state index is -0.394. The fourth-order valence-electron chi connectivity index (χ4n) is 2.54. The van der Waals surface area contributed by atoms with Gasteiger partial charge < -0.3 is 0 Å². The van der Waals surface area contributed by atoms with Crippen molar-refractivity contribution in [2.24, 2.45) is 0 Å². The summed E-state index contributed by atoms with van der Waals surface area (Å²) in [6, 6.07) is 4.00. The van der Waals surface area contributed by atoms with Gasteiger partial charge in [0, 0.05) is 27.5 Å². The summed E-state index contributed by atoms with van der Waals surface area (Å²) in [6.45, 7) is 3.40. The number of carbonyl (C=O) groups is 2. The molecule has 4 heterocycles. The number of anilines is 1. The van der Waals surface area contributed by atoms with Gasteiger partial charge >= 0.3 is 0 Å². The number of fused-ring (bicyclic) bond motifs is 1. The summed E-state index contributed by atoms with van der Waals surface area (Å²) in [5.41, 5.74) is 4.28. The number of rotatable bonds is 3. The standard InChI is InChI=1S/C16H12N4O2S2/c1-8-6-12(21)20(16(8)22)19-14-13-10(11-4-3-5-23-11)7-24-15(13)18-9(2)17-14/h3-7H,1-2H3,(H,17,18,19). The molecular formula is C16H12N4O2S2. The van der Waals surface area contributed by atoms with Crippen molar-refractivity contribution in [3.05, 3.63) is 40.4 Å². The van der Waals surface area contributed by atoms with Crippen molar-refractivity contribution in [3.8, 4) is 10.4 Å². The van der Waals surface area contributed by atoms with Gasteiger partial charge in [-0.3, -0.25) is 15.0 Å². The van der Waals surface area contributed by atoms with E-state index in [1.807, 2.05) is 22.9 Å². The van der Waals surface area contributed by atoms with E-state index < -0.39 is 5.91 Å². The molecular weight excluding hydrogens is 344 g/mol. The molecule has 0 aromatic carbocycles. The van der Waals surface area contributed by atoms with Gasteiger partial charge in [0.1, 0.15) is 10.7 Å². The number of amides is 2. The van der Waals surface area contributed by atoms with Crippen LogP contribution in [0.25, 0.3) is 20.7 Å². The summed E-state index contributed by atoms with van der Waals surface area (Å²) in [4.78, 5) is 34.9. The Kier molecular flexibility index (Phi) is 3.43. The number of thiophene rings is 2. The Bertz CT molecular complexity index is 1000. The molecule has 0 bridgehead atoms. The van der Waals surface area contributed by atoms with Gasteiger partial charge in [-0.15, -0.1) is 22.7 Å². The van der Waals surface area contributed by atoms with Crippen molar-refractivity contribution in [2.45, 2.75) is 13.8 Å². The van der Waals surface area contributed by atoms with Crippen molar-refractivity contribution in [1.29, 1.82) is 0 Å². The summed E-state index contributed by atoms with van der Waals surface area (Å²) in [5.74, 6) is 0.285. The molecule has 8 heteroatoms. The number of hydrogen-bond donors (Lipinski definition) is 1. The number of aromatic nitrogens is 2. The Morgan fingerprint density at radius 3 is 2.67 bits per heavy atom. The van der Waals surface area contributed by atoms with Gasteiger partial charge in [-0.1, -0.05) is 6.07 Å². The second-order valence-electron chi connectivity index (χ2n) is 5.34. The van der Waals surface area contributed by atoms with E-state index in [0.717, 1.165) is 25.7 Å². The molecule has 120 valence electrons. The summed E-state index contributed by atoms with van der Waals surface area (Å²) >= 11 is 3.13. The number of nitrogens with one attached hydrogen (secondary N) is 1. The highest BCUT2D eigenvalue weighted by Gasteiger charge is 2.30. The van der Waals surface area contributed by atoms with Crippen LogP contribution in [0.1, 0.15) is 12.7 Å². The molecule has 1 N–H and O–H groups in total. The van der Waals surface area contributed by atoms with E-state index in [0.29, 0.717) is 17.2 Å². The van der Waals surface area contributed by atoms with E-state index in [1.54, 1.807) is 25.2 Å². The monoisotopic (exact) mass is 356 g/mol. The molecule has 6 nitrogen and oxygen atoms in total. The lowest BCUT2D eigenvalue weighted by atomic mass is 10.2. The van der Waals surface area contributed by atoms with Crippen LogP contribution in [0.3, 0.4) is 0 Å². The fraction of sp³-hybridized carbons (Fsp3) is 0.125. The molecule has 1 aliphatic heterocycles. The first kappa shape index (κ1) is 15.0. The zero-order valence-corrected chi connectivity index (χ0v) is 14.5. The molecule has 0 unspecified atom stereocenters. The van der Waals surface area contributed by atoms with Gasteiger partial charge in [0.05, 0.1) is 5.39 Å². The molecule has 0 spiro atoms. The summed E-state index contributed by atoms with van der Waals surface area (Å²) in [5, 5.41) is 5.83. The first-order valence-electron chi connectivity index (χ1n) is 7.17. The highest BCUT2D eigenvalue weighted by atomic mass is 32.1. The third-order valence-corrected chi connectivity index (χ3v) is 5.43. The fourth-order valence-corrected chi connectivity index (χ4v) is 4.35. The average Bonchev–Trinajstić information content (AvgIpc) is 3.23. The van der Waals surface area contributed by atoms with Crippen LogP contribution < -0.4 is 5.43 Å². The zero-order valence-electron chi connectivity index (χ0n) is 12.9. The van der Waals surface area contributed by atoms with Crippen LogP contribution >= 0.6 is 22.7 Å². The average molecular weight is 356 g/mol. The van der Waals surface area contributed by atoms with E-state index >= 15 is 0 Å². The van der Waals surface area contributed by atoms with Crippen LogP contribution in [-0.4, -0.2) is 26.8 Å². The summed E-state index contributed by atoms with van der Waals surface area (Å²) in [6.07, 6.45) is 1.31. The first-order chi connectivity index (χ1) is 11.5. The number of nitrogens with zero attached hydrogens (tertiary/aromatic N) is 3. The zero-order chi connectivity index (χ0) is 16.8. The maximum atomic E-state index is 12.1. The number of hydrazine groups is 1. The Balaban J connectivity index is 1.84. The molecule has 0 fully saturated rings. The Hall–Kier alpha value is -2.58. The van der Waals surface area contributed by atoms with Crippen LogP contribution in [0.15, 0.2) is 34.5 Å². The Morgan fingerprint density at radius 1 is 1.17 bits per heavy atom. The third kappa shape index (κ3) is 2.31. The van der Waals surface area contributed by atoms with Crippen LogP contribution in [0, 0.1) is 6.92 Å². The lowest BCUT2D eigenvalue weighted by molar-refractivity contribution is -0.135. The van der Waals surface area contributed by atoms with Crippen molar-refractivity contribution in [2.75, 3.05) is 5.43 Å². The van der Waals surface area contributed by atoms with Gasteiger partial charge in [-0.25, -0.2) is 9.97 Å². The third-order valence-electron chi connectivity index (χ3n) is 3.65. The topological polar surface area (TPSA) is 75.2 Å². The number of imide groups is 1. The molecule has 3 aromatic heterocycles. The van der Waals surface area contributed by atoms with Crippen LogP contribution in [0.4, 0.5) is 5.82 Å². The molecule has 0 radical (unpaired) electrons. The minimum Gasteiger partial charge on any atom is -0.271 e. The van der Waals surface area contributed by atoms with Crippen LogP contribution in [0.2, 0.25) is 0 Å². The molecule has 2 amide bonds. The molecule has 0 saturated carbocycles. The van der Waals surface area contributed by atoms with E-state index in [4.69, 9.17) is 0 Å². The van der Waals surface area contributed by atoms with Gasteiger partial charge in [0.2, 0.25) is 0 Å². The van der Waals surface area contributed by atoms with Crippen LogP contribution in [0.5, 0.6) is 0 Å². The molecule has 0 atom stereocenters. The van der Waals surface area contributed by atoms with Crippen molar-refractivity contribution in [1.82, 2.24) is 15.0 Å². The SMILES string of the molecule is CC1=CC(=O)N(Nc2nc(C)nc3scc(-c4cccs4)c23)C1=O. The second kappa shape index (κ2) is 5.50. The lowest BCUT2D eigenvalue weighted by Gasteiger charge is -2.17. The lowest BCUT2D eigenvalue weighted by Crippen LogP contribution is -2.36. The van der Waals surface area contributed by atoms with E-state index in [2.05, 4.69) is 15.4 Å². The minimum absolute atomic E-state index is 0.364. The highest BCUT2D eigenvalue weighted by molar-refractivity contribution is 7.18. The molecule has 0 aliphatic carbocycles. The second-order valence-corrected chi connectivity index (χ2v) is 7.15. The van der Waals surface area contributed by atoms with Gasteiger partial charge in [0.15, 0.2) is 5.82 Å². The van der Waals surface area contributed by atoms with Crippen molar-refractivity contribution in [3.63, 3.8) is 0 Å². The number of carbonyl (C=O) groups excluding carboxylic acids is 2. The van der Waals surface area contributed by atoms with Gasteiger partial charge in [0.25, 0.3) is 11.8 Å². The molecule has 0 saturated heterocycles. The largest absolute Gasteiger partial charge is 0.275 e. The molecule has 4 rings (SSSR count).